The molecule has 0 aromatic heterocycles. The van der Waals surface area contributed by atoms with Gasteiger partial charge in [-0.3, -0.25) is 10.6 Å². The molecule has 0 saturated carbocycles. The lowest BCUT2D eigenvalue weighted by Gasteiger charge is -2.09. The normalized spacial score (nSPS) is 9.60. The van der Waals surface area contributed by atoms with Crippen LogP contribution in [0.3, 0.4) is 0 Å². The minimum Gasteiger partial charge on any atom is -0.348 e. The Kier molecular flexibility index (Phi) is 4.32. The minimum absolute atomic E-state index is 0.206. The molecule has 0 aliphatic carbocycles. The maximum absolute atomic E-state index is 12.1. The number of nitrogens with two attached hydrogens (primary N) is 1. The molecule has 5 heteroatoms. The first-order chi connectivity index (χ1) is 9.74. The van der Waals surface area contributed by atoms with Crippen LogP contribution in [0.1, 0.15) is 21.5 Å². The van der Waals surface area contributed by atoms with Gasteiger partial charge in [-0.1, -0.05) is 24.3 Å². The van der Waals surface area contributed by atoms with Gasteiger partial charge in [0.2, 0.25) is 0 Å². The van der Waals surface area contributed by atoms with Gasteiger partial charge in [0.15, 0.2) is 0 Å². The van der Waals surface area contributed by atoms with Crippen molar-refractivity contribution in [2.24, 2.45) is 5.84 Å². The fourth-order valence-electron chi connectivity index (χ4n) is 1.78. The number of nitrogen functional groups attached to an aromatic ring is 1. The Hall–Kier alpha value is -2.84. The van der Waals surface area contributed by atoms with Gasteiger partial charge < -0.3 is 10.7 Å². The third kappa shape index (κ3) is 3.13. The number of nitrogens with zero attached hydrogens (tertiary/aromatic N) is 1. The number of carbonyl (C=O) groups excluding carboxylic acids is 1. The first-order valence-electron chi connectivity index (χ1n) is 6.07. The summed E-state index contributed by atoms with van der Waals surface area (Å²) in [5.41, 5.74) is 5.08. The van der Waals surface area contributed by atoms with Crippen LogP contribution in [0.2, 0.25) is 0 Å². The lowest BCUT2D eigenvalue weighted by atomic mass is 10.1. The fraction of sp³-hybridized carbons (Fsp3) is 0.0667. The van der Waals surface area contributed by atoms with Crippen LogP contribution in [-0.2, 0) is 6.54 Å². The molecule has 1 amide bonds. The van der Waals surface area contributed by atoms with Crippen LogP contribution < -0.4 is 16.6 Å². The maximum atomic E-state index is 12.1. The van der Waals surface area contributed by atoms with Gasteiger partial charge in [-0.25, -0.2) is 0 Å². The van der Waals surface area contributed by atoms with Crippen LogP contribution >= 0.6 is 0 Å². The van der Waals surface area contributed by atoms with Crippen LogP contribution in [0.5, 0.6) is 0 Å². The number of nitrogens with one attached hydrogen (secondary N) is 2. The molecule has 0 aliphatic rings. The van der Waals surface area contributed by atoms with E-state index < -0.39 is 0 Å². The van der Waals surface area contributed by atoms with Crippen molar-refractivity contribution in [3.05, 3.63) is 65.2 Å². The lowest BCUT2D eigenvalue weighted by Crippen LogP contribution is -2.24. The highest BCUT2D eigenvalue weighted by Gasteiger charge is 2.09. The largest absolute Gasteiger partial charge is 0.348 e. The average molecular weight is 266 g/mol. The Labute approximate surface area is 117 Å². The second kappa shape index (κ2) is 6.36. The molecule has 0 heterocycles. The van der Waals surface area contributed by atoms with E-state index in [0.717, 1.165) is 5.56 Å². The SMILES string of the molecule is N#Cc1ccc(CNC(=O)c2ccccc2NN)cc1. The second-order valence-corrected chi connectivity index (χ2v) is 4.18. The molecule has 2 aromatic rings. The van der Waals surface area contributed by atoms with E-state index in [1.165, 1.54) is 0 Å². The number of anilines is 1. The molecule has 0 fully saturated rings. The Morgan fingerprint density at radius 1 is 1.15 bits per heavy atom. The molecule has 4 N–H and O–H groups in total. The first-order valence-corrected chi connectivity index (χ1v) is 6.07. The van der Waals surface area contributed by atoms with Crippen molar-refractivity contribution in [1.82, 2.24) is 5.32 Å². The monoisotopic (exact) mass is 266 g/mol. The van der Waals surface area contributed by atoms with Gasteiger partial charge >= 0.3 is 0 Å². The van der Waals surface area contributed by atoms with Crippen molar-refractivity contribution < 1.29 is 4.79 Å². The van der Waals surface area contributed by atoms with Gasteiger partial charge in [0, 0.05) is 6.54 Å². The quantitative estimate of drug-likeness (QED) is 0.581. The molecular formula is C15H14N4O. The number of hydrogen-bond donors (Lipinski definition) is 3. The number of amides is 1. The van der Waals surface area contributed by atoms with Crippen molar-refractivity contribution >= 4 is 11.6 Å². The number of benzene rings is 2. The first kappa shape index (κ1) is 13.6. The number of para-hydroxylation sites is 1. The van der Waals surface area contributed by atoms with E-state index in [9.17, 15) is 4.79 Å². The highest BCUT2D eigenvalue weighted by atomic mass is 16.1. The Bertz CT molecular complexity index is 644. The van der Waals surface area contributed by atoms with Gasteiger partial charge in [0.05, 0.1) is 22.9 Å². The molecule has 0 unspecified atom stereocenters. The van der Waals surface area contributed by atoms with Gasteiger partial charge in [0.25, 0.3) is 5.91 Å². The fourth-order valence-corrected chi connectivity index (χ4v) is 1.78. The second-order valence-electron chi connectivity index (χ2n) is 4.18. The number of rotatable bonds is 4. The van der Waals surface area contributed by atoms with Crippen LogP contribution in [0, 0.1) is 11.3 Å². The number of carbonyl (C=O) groups is 1. The third-order valence-electron chi connectivity index (χ3n) is 2.86. The number of hydrazine groups is 1. The number of nitriles is 1. The van der Waals surface area contributed by atoms with Crippen molar-refractivity contribution in [1.29, 1.82) is 5.26 Å². The summed E-state index contributed by atoms with van der Waals surface area (Å²) >= 11 is 0. The zero-order chi connectivity index (χ0) is 14.4. The van der Waals surface area contributed by atoms with E-state index in [1.807, 2.05) is 12.1 Å². The van der Waals surface area contributed by atoms with Crippen LogP contribution in [0.4, 0.5) is 5.69 Å². The molecule has 20 heavy (non-hydrogen) atoms. The molecule has 0 spiro atoms. The minimum atomic E-state index is -0.206. The van der Waals surface area contributed by atoms with Crippen LogP contribution in [-0.4, -0.2) is 5.91 Å². The summed E-state index contributed by atoms with van der Waals surface area (Å²) in [5.74, 6) is 5.16. The summed E-state index contributed by atoms with van der Waals surface area (Å²) in [7, 11) is 0. The highest BCUT2D eigenvalue weighted by Crippen LogP contribution is 2.13. The average Bonchev–Trinajstić information content (AvgIpc) is 2.53. The number of hydrogen-bond acceptors (Lipinski definition) is 4. The predicted molar refractivity (Wildman–Crippen MR) is 76.6 cm³/mol. The van der Waals surface area contributed by atoms with Crippen molar-refractivity contribution in [2.75, 3.05) is 5.43 Å². The zero-order valence-corrected chi connectivity index (χ0v) is 10.8. The molecule has 2 aromatic carbocycles. The Balaban J connectivity index is 2.03. The van der Waals surface area contributed by atoms with Gasteiger partial charge in [-0.2, -0.15) is 5.26 Å². The van der Waals surface area contributed by atoms with Crippen molar-refractivity contribution in [3.63, 3.8) is 0 Å². The van der Waals surface area contributed by atoms with Crippen molar-refractivity contribution in [3.8, 4) is 6.07 Å². The summed E-state index contributed by atoms with van der Waals surface area (Å²) in [5, 5.41) is 11.5. The van der Waals surface area contributed by atoms with Crippen LogP contribution in [0.15, 0.2) is 48.5 Å². The summed E-state index contributed by atoms with van der Waals surface area (Å²) in [6, 6.07) is 16.1. The molecule has 0 radical (unpaired) electrons. The van der Waals surface area contributed by atoms with E-state index in [-0.39, 0.29) is 5.91 Å². The molecule has 0 aliphatic heterocycles. The van der Waals surface area contributed by atoms with E-state index in [2.05, 4.69) is 16.8 Å². The van der Waals surface area contributed by atoms with Crippen LogP contribution in [0.25, 0.3) is 0 Å². The Morgan fingerprint density at radius 3 is 2.50 bits per heavy atom. The standard InChI is InChI=1S/C15H14N4O/c16-9-11-5-7-12(8-6-11)10-18-15(20)13-3-1-2-4-14(13)19-17/h1-8,19H,10,17H2,(H,18,20). The molecule has 0 saturated heterocycles. The lowest BCUT2D eigenvalue weighted by molar-refractivity contribution is 0.0951. The molecule has 100 valence electrons. The summed E-state index contributed by atoms with van der Waals surface area (Å²) in [6.45, 7) is 0.392. The molecular weight excluding hydrogens is 252 g/mol. The highest BCUT2D eigenvalue weighted by molar-refractivity contribution is 5.99. The molecule has 2 rings (SSSR count). The summed E-state index contributed by atoms with van der Waals surface area (Å²) in [6.07, 6.45) is 0. The van der Waals surface area contributed by atoms with E-state index in [1.54, 1.807) is 36.4 Å². The molecule has 5 nitrogen and oxygen atoms in total. The summed E-state index contributed by atoms with van der Waals surface area (Å²) in [4.78, 5) is 12.1. The molecule has 0 bridgehead atoms. The van der Waals surface area contributed by atoms with Gasteiger partial charge in [-0.15, -0.1) is 0 Å². The smallest absolute Gasteiger partial charge is 0.253 e. The zero-order valence-electron chi connectivity index (χ0n) is 10.8. The molecule has 0 atom stereocenters. The Morgan fingerprint density at radius 2 is 1.85 bits per heavy atom. The van der Waals surface area contributed by atoms with Crippen molar-refractivity contribution in [2.45, 2.75) is 6.54 Å². The van der Waals surface area contributed by atoms with Gasteiger partial charge in [-0.05, 0) is 29.8 Å². The van der Waals surface area contributed by atoms with Gasteiger partial charge in [0.1, 0.15) is 0 Å². The van der Waals surface area contributed by atoms with E-state index in [0.29, 0.717) is 23.4 Å². The maximum Gasteiger partial charge on any atom is 0.253 e. The topological polar surface area (TPSA) is 90.9 Å². The van der Waals surface area contributed by atoms with E-state index in [4.69, 9.17) is 11.1 Å². The third-order valence-corrected chi connectivity index (χ3v) is 2.86. The summed E-state index contributed by atoms with van der Waals surface area (Å²) < 4.78 is 0. The predicted octanol–water partition coefficient (Wildman–Crippen LogP) is 1.77. The van der Waals surface area contributed by atoms with E-state index >= 15 is 0 Å².